The van der Waals surface area contributed by atoms with Crippen LogP contribution in [0, 0.1) is 5.92 Å². The molecule has 0 aromatic carbocycles. The minimum atomic E-state index is -0.341. The predicted molar refractivity (Wildman–Crippen MR) is 50.3 cm³/mol. The van der Waals surface area contributed by atoms with Gasteiger partial charge in [0, 0.05) is 13.0 Å². The van der Waals surface area contributed by atoms with Gasteiger partial charge in [-0.2, -0.15) is 0 Å². The van der Waals surface area contributed by atoms with Crippen molar-refractivity contribution in [2.75, 3.05) is 7.11 Å². The smallest absolute Gasteiger partial charge is 0.163 e. The molecule has 3 nitrogen and oxygen atoms in total. The molecule has 0 saturated carbocycles. The van der Waals surface area contributed by atoms with E-state index in [1.807, 2.05) is 6.92 Å². The number of allylic oxidation sites excluding steroid dienone is 1. The first-order valence-corrected chi connectivity index (χ1v) is 4.66. The fourth-order valence-corrected chi connectivity index (χ4v) is 1.77. The molecule has 1 aliphatic heterocycles. The van der Waals surface area contributed by atoms with Crippen molar-refractivity contribution in [2.24, 2.45) is 5.92 Å². The molecular weight excluding hydrogens is 168 g/mol. The van der Waals surface area contributed by atoms with Gasteiger partial charge in [0.25, 0.3) is 0 Å². The van der Waals surface area contributed by atoms with Crippen LogP contribution in [0.4, 0.5) is 0 Å². The lowest BCUT2D eigenvalue weighted by Gasteiger charge is -2.37. The van der Waals surface area contributed by atoms with Gasteiger partial charge in [0.1, 0.15) is 0 Å². The molecule has 0 aliphatic carbocycles. The first kappa shape index (κ1) is 10.7. The third-order valence-corrected chi connectivity index (χ3v) is 2.45. The van der Waals surface area contributed by atoms with Crippen molar-refractivity contribution in [1.82, 2.24) is 0 Å². The zero-order valence-electron chi connectivity index (χ0n) is 8.27. The van der Waals surface area contributed by atoms with Crippen LogP contribution in [0.1, 0.15) is 19.8 Å². The number of hydrogen-bond donors (Lipinski definition) is 1. The average molecular weight is 186 g/mol. The van der Waals surface area contributed by atoms with E-state index in [1.165, 1.54) is 0 Å². The highest BCUT2D eigenvalue weighted by molar-refractivity contribution is 4.85. The quantitative estimate of drug-likeness (QED) is 0.676. The summed E-state index contributed by atoms with van der Waals surface area (Å²) in [4.78, 5) is 0. The molecule has 3 heteroatoms. The van der Waals surface area contributed by atoms with Crippen LogP contribution in [0.5, 0.6) is 0 Å². The molecule has 13 heavy (non-hydrogen) atoms. The van der Waals surface area contributed by atoms with Gasteiger partial charge in [-0.25, -0.2) is 0 Å². The average Bonchev–Trinajstić information content (AvgIpc) is 2.09. The summed E-state index contributed by atoms with van der Waals surface area (Å²) >= 11 is 0. The normalized spacial score (nSPS) is 40.2. The highest BCUT2D eigenvalue weighted by Gasteiger charge is 2.35. The van der Waals surface area contributed by atoms with Crippen molar-refractivity contribution in [1.29, 1.82) is 0 Å². The first-order valence-electron chi connectivity index (χ1n) is 4.66. The van der Waals surface area contributed by atoms with Gasteiger partial charge >= 0.3 is 0 Å². The Morgan fingerprint density at radius 2 is 2.38 bits per heavy atom. The van der Waals surface area contributed by atoms with Gasteiger partial charge in [-0.1, -0.05) is 6.08 Å². The van der Waals surface area contributed by atoms with Crippen molar-refractivity contribution in [3.05, 3.63) is 12.7 Å². The summed E-state index contributed by atoms with van der Waals surface area (Å²) in [5.41, 5.74) is 0. The van der Waals surface area contributed by atoms with Crippen LogP contribution >= 0.6 is 0 Å². The van der Waals surface area contributed by atoms with E-state index >= 15 is 0 Å². The maximum Gasteiger partial charge on any atom is 0.163 e. The van der Waals surface area contributed by atoms with E-state index < -0.39 is 0 Å². The number of methoxy groups -OCH3 is 1. The fourth-order valence-electron chi connectivity index (χ4n) is 1.77. The lowest BCUT2D eigenvalue weighted by molar-refractivity contribution is -0.232. The summed E-state index contributed by atoms with van der Waals surface area (Å²) < 4.78 is 10.7. The number of aliphatic hydroxyl groups is 1. The molecule has 1 saturated heterocycles. The molecule has 0 spiro atoms. The van der Waals surface area contributed by atoms with Gasteiger partial charge in [-0.05, 0) is 19.8 Å². The molecule has 1 heterocycles. The zero-order chi connectivity index (χ0) is 9.84. The molecule has 1 rings (SSSR count). The number of ether oxygens (including phenoxy) is 2. The largest absolute Gasteiger partial charge is 0.393 e. The van der Waals surface area contributed by atoms with E-state index in [-0.39, 0.29) is 24.4 Å². The molecule has 1 N–H and O–H groups in total. The lowest BCUT2D eigenvalue weighted by Crippen LogP contribution is -2.43. The van der Waals surface area contributed by atoms with Crippen molar-refractivity contribution >= 4 is 0 Å². The second-order valence-corrected chi connectivity index (χ2v) is 3.54. The number of rotatable bonds is 3. The minimum Gasteiger partial charge on any atom is -0.393 e. The van der Waals surface area contributed by atoms with E-state index in [1.54, 1.807) is 13.2 Å². The molecule has 0 aromatic heterocycles. The van der Waals surface area contributed by atoms with Crippen LogP contribution in [0.25, 0.3) is 0 Å². The molecule has 4 unspecified atom stereocenters. The highest BCUT2D eigenvalue weighted by atomic mass is 16.7. The Balaban J connectivity index is 2.59. The van der Waals surface area contributed by atoms with Gasteiger partial charge in [0.2, 0.25) is 0 Å². The molecule has 0 bridgehead atoms. The molecule has 1 aliphatic rings. The Morgan fingerprint density at radius 1 is 1.69 bits per heavy atom. The molecule has 1 fully saturated rings. The minimum absolute atomic E-state index is 0.0266. The third kappa shape index (κ3) is 2.53. The van der Waals surface area contributed by atoms with E-state index in [4.69, 9.17) is 9.47 Å². The van der Waals surface area contributed by atoms with Crippen LogP contribution in [0.15, 0.2) is 12.7 Å². The molecular formula is C10H18O3. The monoisotopic (exact) mass is 186 g/mol. The highest BCUT2D eigenvalue weighted by Crippen LogP contribution is 2.28. The van der Waals surface area contributed by atoms with Crippen molar-refractivity contribution in [3.8, 4) is 0 Å². The van der Waals surface area contributed by atoms with Crippen molar-refractivity contribution < 1.29 is 14.6 Å². The third-order valence-electron chi connectivity index (χ3n) is 2.45. The SMILES string of the molecule is C=CCC1C(O)CC(C)OC1OC. The molecule has 0 amide bonds. The summed E-state index contributed by atoms with van der Waals surface area (Å²) in [5.74, 6) is 0.0266. The summed E-state index contributed by atoms with van der Waals surface area (Å²) in [5, 5.41) is 9.76. The Hall–Kier alpha value is -0.380. The van der Waals surface area contributed by atoms with E-state index in [0.717, 1.165) is 6.42 Å². The van der Waals surface area contributed by atoms with Crippen molar-refractivity contribution in [2.45, 2.75) is 38.3 Å². The van der Waals surface area contributed by atoms with E-state index in [2.05, 4.69) is 6.58 Å². The fraction of sp³-hybridized carbons (Fsp3) is 0.800. The maximum absolute atomic E-state index is 9.76. The lowest BCUT2D eigenvalue weighted by atomic mass is 9.91. The summed E-state index contributed by atoms with van der Waals surface area (Å²) in [6.07, 6.45) is 2.63. The molecule has 0 radical (unpaired) electrons. The summed E-state index contributed by atoms with van der Waals surface area (Å²) in [6, 6.07) is 0. The standard InChI is InChI=1S/C10H18O3/c1-4-5-8-9(11)6-7(2)13-10(8)12-3/h4,7-11H,1,5-6H2,2-3H3. The molecule has 4 atom stereocenters. The van der Waals surface area contributed by atoms with Crippen LogP contribution < -0.4 is 0 Å². The molecule has 0 aromatic rings. The second kappa shape index (κ2) is 4.74. The zero-order valence-corrected chi connectivity index (χ0v) is 8.27. The summed E-state index contributed by atoms with van der Waals surface area (Å²) in [6.45, 7) is 5.60. The van der Waals surface area contributed by atoms with Crippen LogP contribution in [-0.2, 0) is 9.47 Å². The maximum atomic E-state index is 9.76. The Bertz CT molecular complexity index is 170. The van der Waals surface area contributed by atoms with Gasteiger partial charge in [-0.15, -0.1) is 6.58 Å². The topological polar surface area (TPSA) is 38.7 Å². The number of aliphatic hydroxyl groups excluding tert-OH is 1. The van der Waals surface area contributed by atoms with Crippen LogP contribution in [0.2, 0.25) is 0 Å². The van der Waals surface area contributed by atoms with Gasteiger partial charge in [0.15, 0.2) is 6.29 Å². The molecule has 76 valence electrons. The Kier molecular flexibility index (Phi) is 3.90. The van der Waals surface area contributed by atoms with Crippen molar-refractivity contribution in [3.63, 3.8) is 0 Å². The van der Waals surface area contributed by atoms with Gasteiger partial charge in [-0.3, -0.25) is 0 Å². The van der Waals surface area contributed by atoms with E-state index in [9.17, 15) is 5.11 Å². The Morgan fingerprint density at radius 3 is 2.92 bits per heavy atom. The first-order chi connectivity index (χ1) is 6.19. The van der Waals surface area contributed by atoms with Gasteiger partial charge < -0.3 is 14.6 Å². The van der Waals surface area contributed by atoms with E-state index in [0.29, 0.717) is 6.42 Å². The van der Waals surface area contributed by atoms with Gasteiger partial charge in [0.05, 0.1) is 12.2 Å². The Labute approximate surface area is 79.3 Å². The predicted octanol–water partition coefficient (Wildman–Crippen LogP) is 1.32. The second-order valence-electron chi connectivity index (χ2n) is 3.54. The van der Waals surface area contributed by atoms with Crippen LogP contribution in [-0.4, -0.2) is 30.7 Å². The number of hydrogen-bond acceptors (Lipinski definition) is 3. The summed E-state index contributed by atoms with van der Waals surface area (Å²) in [7, 11) is 1.60. The van der Waals surface area contributed by atoms with Crippen LogP contribution in [0.3, 0.4) is 0 Å².